The number of benzene rings is 1. The number of para-hydroxylation sites is 1. The highest BCUT2D eigenvalue weighted by Crippen LogP contribution is 2.31. The van der Waals surface area contributed by atoms with Gasteiger partial charge in [-0.25, -0.2) is 0 Å². The lowest BCUT2D eigenvalue weighted by atomic mass is 9.99. The van der Waals surface area contributed by atoms with Gasteiger partial charge in [0.25, 0.3) is 0 Å². The van der Waals surface area contributed by atoms with Crippen LogP contribution >= 0.6 is 0 Å². The third-order valence-corrected chi connectivity index (χ3v) is 5.39. The summed E-state index contributed by atoms with van der Waals surface area (Å²) in [7, 11) is 0. The molecule has 4 nitrogen and oxygen atoms in total. The fourth-order valence-corrected chi connectivity index (χ4v) is 3.47. The van der Waals surface area contributed by atoms with Crippen LogP contribution in [-0.4, -0.2) is 31.0 Å². The molecular weight excluding hydrogens is 334 g/mol. The van der Waals surface area contributed by atoms with Crippen LogP contribution in [0.15, 0.2) is 36.4 Å². The fourth-order valence-electron chi connectivity index (χ4n) is 3.47. The Hall–Kier alpha value is -1.91. The predicted molar refractivity (Wildman–Crippen MR) is 110 cm³/mol. The van der Waals surface area contributed by atoms with Crippen LogP contribution < -0.4 is 0 Å². The van der Waals surface area contributed by atoms with Crippen molar-refractivity contribution in [3.05, 3.63) is 58.9 Å². The molecule has 0 radical (unpaired) electrons. The highest BCUT2D eigenvalue weighted by atomic mass is 16.3. The normalized spacial score (nSPS) is 17.3. The Balaban J connectivity index is 2.10. The van der Waals surface area contributed by atoms with E-state index in [9.17, 15) is 5.11 Å². The van der Waals surface area contributed by atoms with E-state index in [2.05, 4.69) is 75.6 Å². The molecule has 2 aromatic rings. The Morgan fingerprint density at radius 1 is 0.704 bits per heavy atom. The second kappa shape index (κ2) is 7.25. The van der Waals surface area contributed by atoms with Gasteiger partial charge in [-0.1, -0.05) is 24.3 Å². The number of nitrogens with zero attached hydrogens (tertiary/aromatic N) is 3. The molecule has 0 unspecified atom stereocenters. The topological polar surface area (TPSA) is 39.6 Å². The van der Waals surface area contributed by atoms with Crippen molar-refractivity contribution in [2.45, 2.75) is 78.8 Å². The van der Waals surface area contributed by atoms with Crippen LogP contribution in [0.1, 0.15) is 64.1 Å². The maximum atomic E-state index is 11.0. The lowest BCUT2D eigenvalue weighted by Gasteiger charge is -2.38. The molecule has 1 aliphatic heterocycles. The number of aromatic nitrogens is 1. The van der Waals surface area contributed by atoms with Crippen molar-refractivity contribution in [3.63, 3.8) is 0 Å². The van der Waals surface area contributed by atoms with E-state index in [1.807, 2.05) is 12.1 Å². The molecule has 0 fully saturated rings. The minimum Gasteiger partial charge on any atom is -0.507 e. The van der Waals surface area contributed by atoms with E-state index in [4.69, 9.17) is 4.98 Å². The summed E-state index contributed by atoms with van der Waals surface area (Å²) in [5, 5.41) is 11.0. The molecule has 1 aliphatic rings. The number of rotatable bonds is 0. The van der Waals surface area contributed by atoms with E-state index in [-0.39, 0.29) is 11.1 Å². The van der Waals surface area contributed by atoms with Crippen molar-refractivity contribution in [2.75, 3.05) is 0 Å². The van der Waals surface area contributed by atoms with Crippen molar-refractivity contribution in [2.24, 2.45) is 0 Å². The van der Waals surface area contributed by atoms with Gasteiger partial charge in [0.1, 0.15) is 5.75 Å². The van der Waals surface area contributed by atoms with Gasteiger partial charge < -0.3 is 5.11 Å². The highest BCUT2D eigenvalue weighted by Gasteiger charge is 2.27. The van der Waals surface area contributed by atoms with Gasteiger partial charge in [-0.3, -0.25) is 14.8 Å². The molecule has 3 rings (SSSR count). The van der Waals surface area contributed by atoms with Crippen molar-refractivity contribution in [3.8, 4) is 5.75 Å². The molecular formula is C23H33N3O. The van der Waals surface area contributed by atoms with Crippen molar-refractivity contribution < 1.29 is 5.11 Å². The van der Waals surface area contributed by atoms with Crippen molar-refractivity contribution >= 4 is 0 Å². The van der Waals surface area contributed by atoms with Crippen molar-refractivity contribution in [1.29, 1.82) is 0 Å². The first-order chi connectivity index (χ1) is 12.5. The number of fused-ring (bicyclic) bond motifs is 4. The Morgan fingerprint density at radius 2 is 1.11 bits per heavy atom. The SMILES string of the molecule is CC(C)(C)N1Cc2cccc(n2)CN(C(C)(C)C)Cc2cccc(c2O)C1. The molecule has 2 heterocycles. The van der Waals surface area contributed by atoms with E-state index >= 15 is 0 Å². The zero-order valence-corrected chi connectivity index (χ0v) is 17.6. The molecule has 27 heavy (non-hydrogen) atoms. The maximum Gasteiger partial charge on any atom is 0.124 e. The highest BCUT2D eigenvalue weighted by molar-refractivity contribution is 5.40. The lowest BCUT2D eigenvalue weighted by molar-refractivity contribution is 0.108. The third-order valence-electron chi connectivity index (χ3n) is 5.39. The molecule has 0 aliphatic carbocycles. The minimum absolute atomic E-state index is 0.0261. The molecule has 4 bridgehead atoms. The molecule has 0 spiro atoms. The number of phenols is 1. The van der Waals surface area contributed by atoms with Crippen LogP contribution in [-0.2, 0) is 26.2 Å². The molecule has 0 amide bonds. The Morgan fingerprint density at radius 3 is 1.52 bits per heavy atom. The summed E-state index contributed by atoms with van der Waals surface area (Å²) in [6.07, 6.45) is 0. The van der Waals surface area contributed by atoms with Gasteiger partial charge in [0.15, 0.2) is 0 Å². The Bertz CT molecular complexity index is 743. The average Bonchev–Trinajstić information content (AvgIpc) is 2.55. The molecule has 0 saturated carbocycles. The smallest absolute Gasteiger partial charge is 0.124 e. The van der Waals surface area contributed by atoms with Gasteiger partial charge in [0.05, 0.1) is 11.4 Å². The Kier molecular flexibility index (Phi) is 5.33. The maximum absolute atomic E-state index is 11.0. The summed E-state index contributed by atoms with van der Waals surface area (Å²) in [6.45, 7) is 16.2. The van der Waals surface area contributed by atoms with E-state index in [1.165, 1.54) is 0 Å². The quantitative estimate of drug-likeness (QED) is 0.732. The molecule has 1 N–H and O–H groups in total. The van der Waals surface area contributed by atoms with E-state index in [1.54, 1.807) is 0 Å². The third kappa shape index (κ3) is 4.69. The van der Waals surface area contributed by atoms with Gasteiger partial charge in [-0.15, -0.1) is 0 Å². The van der Waals surface area contributed by atoms with E-state index in [0.29, 0.717) is 18.8 Å². The first-order valence-corrected chi connectivity index (χ1v) is 9.79. The predicted octanol–water partition coefficient (Wildman–Crippen LogP) is 4.70. The van der Waals surface area contributed by atoms with E-state index in [0.717, 1.165) is 35.6 Å². The van der Waals surface area contributed by atoms with Gasteiger partial charge in [-0.05, 0) is 53.7 Å². The van der Waals surface area contributed by atoms with Gasteiger partial charge in [0, 0.05) is 48.4 Å². The first kappa shape index (κ1) is 19.8. The molecule has 4 heteroatoms. The standard InChI is InChI=1S/C23H33N3O/c1-22(2,3)25-13-17-9-7-10-18(21(17)27)14-26(23(4,5)6)16-20-12-8-11-19(15-25)24-20/h7-12,27H,13-16H2,1-6H3. The summed E-state index contributed by atoms with van der Waals surface area (Å²) < 4.78 is 0. The summed E-state index contributed by atoms with van der Waals surface area (Å²) in [6, 6.07) is 12.5. The lowest BCUT2D eigenvalue weighted by Crippen LogP contribution is -2.42. The monoisotopic (exact) mass is 367 g/mol. The second-order valence-electron chi connectivity index (χ2n) is 9.60. The van der Waals surface area contributed by atoms with Gasteiger partial charge in [0.2, 0.25) is 0 Å². The summed E-state index contributed by atoms with van der Waals surface area (Å²) in [5.41, 5.74) is 4.06. The summed E-state index contributed by atoms with van der Waals surface area (Å²) in [5.74, 6) is 0.429. The second-order valence-corrected chi connectivity index (χ2v) is 9.60. The van der Waals surface area contributed by atoms with Crippen LogP contribution in [0.25, 0.3) is 0 Å². The van der Waals surface area contributed by atoms with Gasteiger partial charge >= 0.3 is 0 Å². The largest absolute Gasteiger partial charge is 0.507 e. The number of hydrogen-bond acceptors (Lipinski definition) is 4. The number of phenolic OH excluding ortho intramolecular Hbond substituents is 1. The number of aromatic hydroxyl groups is 1. The fraction of sp³-hybridized carbons (Fsp3) is 0.522. The Labute approximate surface area is 163 Å². The van der Waals surface area contributed by atoms with E-state index < -0.39 is 0 Å². The van der Waals surface area contributed by atoms with Crippen molar-refractivity contribution in [1.82, 2.24) is 14.8 Å². The molecule has 1 aromatic heterocycles. The molecule has 1 aromatic carbocycles. The zero-order valence-electron chi connectivity index (χ0n) is 17.6. The summed E-state index contributed by atoms with van der Waals surface area (Å²) in [4.78, 5) is 9.70. The van der Waals surface area contributed by atoms with Crippen LogP contribution in [0.2, 0.25) is 0 Å². The zero-order chi connectivity index (χ0) is 19.8. The molecule has 0 atom stereocenters. The molecule has 146 valence electrons. The van der Waals surface area contributed by atoms with Crippen LogP contribution in [0.5, 0.6) is 5.75 Å². The first-order valence-electron chi connectivity index (χ1n) is 9.79. The minimum atomic E-state index is -0.0261. The molecule has 0 saturated heterocycles. The van der Waals surface area contributed by atoms with Crippen LogP contribution in [0.4, 0.5) is 0 Å². The van der Waals surface area contributed by atoms with Crippen LogP contribution in [0, 0.1) is 0 Å². The van der Waals surface area contributed by atoms with Gasteiger partial charge in [-0.2, -0.15) is 0 Å². The number of pyridine rings is 1. The number of hydrogen-bond donors (Lipinski definition) is 1. The summed E-state index contributed by atoms with van der Waals surface area (Å²) >= 11 is 0. The average molecular weight is 368 g/mol. The van der Waals surface area contributed by atoms with Crippen LogP contribution in [0.3, 0.4) is 0 Å².